The monoisotopic (exact) mass is 390 g/mol. The van der Waals surface area contributed by atoms with Crippen LogP contribution in [0.4, 0.5) is 0 Å². The van der Waals surface area contributed by atoms with Crippen molar-refractivity contribution >= 4 is 5.97 Å². The molecule has 5 nitrogen and oxygen atoms in total. The first kappa shape index (κ1) is 22.7. The fourth-order valence-corrected chi connectivity index (χ4v) is 4.09. The maximum absolute atomic E-state index is 12.2. The van der Waals surface area contributed by atoms with E-state index in [2.05, 4.69) is 6.92 Å². The van der Waals surface area contributed by atoms with E-state index in [1.165, 1.54) is 0 Å². The SMILES string of the molecule is CCC1(OC(=O)COc2ccc(C(CC(C)(C)N)C(C)(C)N)cc2)CCCC1. The number of carbonyl (C=O) groups excluding carboxylic acids is 1. The minimum Gasteiger partial charge on any atom is -0.482 e. The molecular weight excluding hydrogens is 352 g/mol. The van der Waals surface area contributed by atoms with Crippen LogP contribution in [0.3, 0.4) is 0 Å². The van der Waals surface area contributed by atoms with Crippen LogP contribution >= 0.6 is 0 Å². The summed E-state index contributed by atoms with van der Waals surface area (Å²) in [5, 5.41) is 0. The first-order chi connectivity index (χ1) is 12.9. The Kier molecular flexibility index (Phi) is 7.16. The molecule has 0 heterocycles. The van der Waals surface area contributed by atoms with Gasteiger partial charge in [-0.25, -0.2) is 4.79 Å². The van der Waals surface area contributed by atoms with E-state index in [4.69, 9.17) is 20.9 Å². The van der Waals surface area contributed by atoms with Crippen LogP contribution in [-0.2, 0) is 9.53 Å². The summed E-state index contributed by atoms with van der Waals surface area (Å²) in [5.41, 5.74) is 12.8. The Morgan fingerprint density at radius 2 is 1.68 bits per heavy atom. The molecule has 158 valence electrons. The van der Waals surface area contributed by atoms with Gasteiger partial charge in [-0.15, -0.1) is 0 Å². The molecule has 1 unspecified atom stereocenters. The predicted octanol–water partition coefficient (Wildman–Crippen LogP) is 4.28. The summed E-state index contributed by atoms with van der Waals surface area (Å²) >= 11 is 0. The van der Waals surface area contributed by atoms with Crippen LogP contribution in [0.15, 0.2) is 24.3 Å². The van der Waals surface area contributed by atoms with E-state index >= 15 is 0 Å². The van der Waals surface area contributed by atoms with Crippen molar-refractivity contribution in [1.29, 1.82) is 0 Å². The van der Waals surface area contributed by atoms with Gasteiger partial charge in [-0.2, -0.15) is 0 Å². The topological polar surface area (TPSA) is 87.6 Å². The summed E-state index contributed by atoms with van der Waals surface area (Å²) in [6, 6.07) is 7.79. The van der Waals surface area contributed by atoms with Crippen molar-refractivity contribution in [2.24, 2.45) is 11.5 Å². The minimum absolute atomic E-state index is 0.0667. The molecule has 0 amide bonds. The van der Waals surface area contributed by atoms with Crippen molar-refractivity contribution < 1.29 is 14.3 Å². The molecule has 0 radical (unpaired) electrons. The summed E-state index contributed by atoms with van der Waals surface area (Å²) in [5.74, 6) is 0.482. The Morgan fingerprint density at radius 1 is 1.11 bits per heavy atom. The van der Waals surface area contributed by atoms with Gasteiger partial charge in [0.2, 0.25) is 0 Å². The lowest BCUT2D eigenvalue weighted by Crippen LogP contribution is -2.45. The number of nitrogens with two attached hydrogens (primary N) is 2. The molecule has 1 saturated carbocycles. The molecule has 0 bridgehead atoms. The van der Waals surface area contributed by atoms with Crippen molar-refractivity contribution in [3.63, 3.8) is 0 Å². The standard InChI is InChI=1S/C23H38N2O3/c1-6-23(13-7-8-14-23)28-20(26)16-27-18-11-9-17(10-12-18)19(22(4,5)25)15-21(2,3)24/h9-12,19H,6-8,13-16,24-25H2,1-5H3. The lowest BCUT2D eigenvalue weighted by atomic mass is 9.75. The van der Waals surface area contributed by atoms with Gasteiger partial charge in [0, 0.05) is 17.0 Å². The molecule has 5 heteroatoms. The van der Waals surface area contributed by atoms with E-state index in [9.17, 15) is 4.79 Å². The zero-order valence-corrected chi connectivity index (χ0v) is 18.2. The quantitative estimate of drug-likeness (QED) is 0.615. The van der Waals surface area contributed by atoms with Crippen LogP contribution < -0.4 is 16.2 Å². The van der Waals surface area contributed by atoms with Crippen LogP contribution in [0.25, 0.3) is 0 Å². The van der Waals surface area contributed by atoms with E-state index < -0.39 is 5.54 Å². The number of benzene rings is 1. The highest BCUT2D eigenvalue weighted by molar-refractivity contribution is 5.71. The molecular formula is C23H38N2O3. The molecule has 1 aliphatic rings. The van der Waals surface area contributed by atoms with Crippen LogP contribution in [0.5, 0.6) is 5.75 Å². The third-order valence-corrected chi connectivity index (χ3v) is 5.76. The van der Waals surface area contributed by atoms with Gasteiger partial charge in [0.15, 0.2) is 6.61 Å². The van der Waals surface area contributed by atoms with Crippen LogP contribution in [0.1, 0.15) is 84.6 Å². The van der Waals surface area contributed by atoms with E-state index in [1.807, 2.05) is 52.0 Å². The first-order valence-corrected chi connectivity index (χ1v) is 10.5. The number of carbonyl (C=O) groups is 1. The Hall–Kier alpha value is -1.59. The van der Waals surface area contributed by atoms with Gasteiger partial charge in [0.05, 0.1) is 0 Å². The van der Waals surface area contributed by atoms with Gasteiger partial charge in [0.1, 0.15) is 11.4 Å². The highest BCUT2D eigenvalue weighted by atomic mass is 16.6. The molecule has 2 rings (SSSR count). The zero-order chi connectivity index (χ0) is 21.0. The zero-order valence-electron chi connectivity index (χ0n) is 18.2. The summed E-state index contributed by atoms with van der Waals surface area (Å²) in [4.78, 5) is 12.2. The first-order valence-electron chi connectivity index (χ1n) is 10.5. The number of rotatable bonds is 9. The van der Waals surface area contributed by atoms with Crippen molar-refractivity contribution in [3.8, 4) is 5.75 Å². The van der Waals surface area contributed by atoms with E-state index in [-0.39, 0.29) is 29.6 Å². The molecule has 28 heavy (non-hydrogen) atoms. The third-order valence-electron chi connectivity index (χ3n) is 5.76. The van der Waals surface area contributed by atoms with Crippen LogP contribution in [-0.4, -0.2) is 29.3 Å². The second-order valence-electron chi connectivity index (χ2n) is 9.64. The highest BCUT2D eigenvalue weighted by Crippen LogP contribution is 2.36. The fourth-order valence-electron chi connectivity index (χ4n) is 4.09. The van der Waals surface area contributed by atoms with Gasteiger partial charge in [0.25, 0.3) is 0 Å². The summed E-state index contributed by atoms with van der Waals surface area (Å²) in [6.07, 6.45) is 5.81. The van der Waals surface area contributed by atoms with Gasteiger partial charge in [-0.05, 0) is 83.9 Å². The Labute approximate surface area is 170 Å². The molecule has 1 aromatic rings. The maximum Gasteiger partial charge on any atom is 0.344 e. The average Bonchev–Trinajstić information content (AvgIpc) is 3.06. The molecule has 4 N–H and O–H groups in total. The summed E-state index contributed by atoms with van der Waals surface area (Å²) < 4.78 is 11.4. The second-order valence-corrected chi connectivity index (χ2v) is 9.64. The van der Waals surface area contributed by atoms with Crippen molar-refractivity contribution in [1.82, 2.24) is 0 Å². The number of ether oxygens (including phenoxy) is 2. The predicted molar refractivity (Wildman–Crippen MR) is 113 cm³/mol. The second kappa shape index (κ2) is 8.83. The van der Waals surface area contributed by atoms with Crippen molar-refractivity contribution in [3.05, 3.63) is 29.8 Å². The Balaban J connectivity index is 1.97. The van der Waals surface area contributed by atoms with Gasteiger partial charge < -0.3 is 20.9 Å². The smallest absolute Gasteiger partial charge is 0.344 e. The number of hydrogen-bond acceptors (Lipinski definition) is 5. The highest BCUT2D eigenvalue weighted by Gasteiger charge is 2.36. The van der Waals surface area contributed by atoms with E-state index in [0.29, 0.717) is 5.75 Å². The summed E-state index contributed by atoms with van der Waals surface area (Å²) in [6.45, 7) is 10.1. The molecule has 0 aliphatic heterocycles. The molecule has 1 aromatic carbocycles. The van der Waals surface area contributed by atoms with E-state index in [1.54, 1.807) is 0 Å². The molecule has 1 atom stereocenters. The lowest BCUT2D eigenvalue weighted by Gasteiger charge is -2.35. The maximum atomic E-state index is 12.2. The van der Waals surface area contributed by atoms with Crippen LogP contribution in [0, 0.1) is 0 Å². The van der Waals surface area contributed by atoms with E-state index in [0.717, 1.165) is 44.1 Å². The molecule has 0 aromatic heterocycles. The molecule has 0 spiro atoms. The molecule has 1 fully saturated rings. The van der Waals surface area contributed by atoms with Gasteiger partial charge >= 0.3 is 5.97 Å². The van der Waals surface area contributed by atoms with Gasteiger partial charge in [-0.3, -0.25) is 0 Å². The number of hydrogen-bond donors (Lipinski definition) is 2. The normalized spacial score (nSPS) is 18.0. The van der Waals surface area contributed by atoms with Crippen molar-refractivity contribution in [2.45, 2.75) is 95.7 Å². The Bertz CT molecular complexity index is 635. The van der Waals surface area contributed by atoms with Crippen molar-refractivity contribution in [2.75, 3.05) is 6.61 Å². The van der Waals surface area contributed by atoms with Crippen LogP contribution in [0.2, 0.25) is 0 Å². The molecule has 0 saturated heterocycles. The average molecular weight is 391 g/mol. The Morgan fingerprint density at radius 3 is 2.14 bits per heavy atom. The minimum atomic E-state index is -0.390. The fraction of sp³-hybridized carbons (Fsp3) is 0.696. The largest absolute Gasteiger partial charge is 0.482 e. The lowest BCUT2D eigenvalue weighted by molar-refractivity contribution is -0.162. The summed E-state index contributed by atoms with van der Waals surface area (Å²) in [7, 11) is 0. The number of esters is 1. The van der Waals surface area contributed by atoms with Gasteiger partial charge in [-0.1, -0.05) is 19.1 Å². The third kappa shape index (κ3) is 6.49. The molecule has 1 aliphatic carbocycles.